The third-order valence-corrected chi connectivity index (χ3v) is 6.03. The van der Waals surface area contributed by atoms with E-state index in [0.717, 1.165) is 11.1 Å². The Morgan fingerprint density at radius 3 is 2.58 bits per heavy atom. The number of nitrogens with one attached hydrogen (secondary N) is 1. The molecule has 8 nitrogen and oxygen atoms in total. The van der Waals surface area contributed by atoms with Gasteiger partial charge in [0.25, 0.3) is 5.91 Å². The molecule has 2 aromatic carbocycles. The summed E-state index contributed by atoms with van der Waals surface area (Å²) in [5.41, 5.74) is 3.26. The van der Waals surface area contributed by atoms with Crippen LogP contribution in [-0.4, -0.2) is 57.6 Å². The number of aromatic amines is 1. The molecule has 0 unspecified atom stereocenters. The van der Waals surface area contributed by atoms with Crippen molar-refractivity contribution in [2.45, 2.75) is 26.8 Å². The fourth-order valence-corrected chi connectivity index (χ4v) is 4.34. The summed E-state index contributed by atoms with van der Waals surface area (Å²) in [4.78, 5) is 14.8. The van der Waals surface area contributed by atoms with Crippen LogP contribution in [0.2, 0.25) is 5.02 Å². The van der Waals surface area contributed by atoms with E-state index in [1.165, 1.54) is 0 Å². The molecule has 1 atom stereocenters. The second-order valence-electron chi connectivity index (χ2n) is 7.68. The lowest BCUT2D eigenvalue weighted by Gasteiger charge is -2.26. The summed E-state index contributed by atoms with van der Waals surface area (Å²) >= 11 is 6.33. The minimum absolute atomic E-state index is 0.0136. The van der Waals surface area contributed by atoms with Crippen LogP contribution in [0.25, 0.3) is 11.3 Å². The number of rotatable bonds is 8. The van der Waals surface area contributed by atoms with Gasteiger partial charge in [0.1, 0.15) is 17.1 Å². The van der Waals surface area contributed by atoms with Crippen LogP contribution in [0.3, 0.4) is 0 Å². The van der Waals surface area contributed by atoms with Gasteiger partial charge in [0, 0.05) is 22.7 Å². The van der Waals surface area contributed by atoms with E-state index in [4.69, 9.17) is 21.1 Å². The number of benzene rings is 2. The second-order valence-corrected chi connectivity index (χ2v) is 8.08. The number of aromatic nitrogens is 2. The van der Waals surface area contributed by atoms with Gasteiger partial charge in [-0.2, -0.15) is 5.10 Å². The number of aliphatic hydroxyl groups is 1. The van der Waals surface area contributed by atoms with E-state index in [2.05, 4.69) is 10.2 Å². The van der Waals surface area contributed by atoms with E-state index in [0.29, 0.717) is 52.3 Å². The molecule has 9 heteroatoms. The number of phenolic OH excluding ortho intramolecular Hbond substituents is 1. The summed E-state index contributed by atoms with van der Waals surface area (Å²) in [6.07, 6.45) is 0. The Morgan fingerprint density at radius 2 is 1.88 bits per heavy atom. The summed E-state index contributed by atoms with van der Waals surface area (Å²) in [5.74, 6) is 0.900. The van der Waals surface area contributed by atoms with Crippen molar-refractivity contribution in [2.24, 2.45) is 0 Å². The lowest BCUT2D eigenvalue weighted by Crippen LogP contribution is -2.32. The molecule has 3 N–H and O–H groups in total. The van der Waals surface area contributed by atoms with Crippen LogP contribution in [0.5, 0.6) is 17.2 Å². The monoisotopic (exact) mass is 471 g/mol. The molecule has 1 aliphatic rings. The Kier molecular flexibility index (Phi) is 6.49. The Balaban J connectivity index is 1.90. The Bertz CT molecular complexity index is 1190. The van der Waals surface area contributed by atoms with Gasteiger partial charge in [0.2, 0.25) is 0 Å². The largest absolute Gasteiger partial charge is 0.507 e. The molecule has 3 aromatic rings. The Hall–Kier alpha value is -3.23. The standard InChI is InChI=1S/C24H26ClN3O5/c1-4-32-18-7-6-14(11-19(18)33-5-2)23-20-21(15-12-16(25)13(3)10-17(15)30)26-27-22(20)24(31)28(23)8-9-29/h6-7,10-12,23,29-30H,4-5,8-9H2,1-3H3,(H,26,27)/t23-/m0/s1. The maximum atomic E-state index is 13.2. The first kappa shape index (κ1) is 22.9. The molecule has 0 aliphatic carbocycles. The number of hydrogen-bond acceptors (Lipinski definition) is 6. The van der Waals surface area contributed by atoms with Crippen LogP contribution < -0.4 is 9.47 Å². The predicted molar refractivity (Wildman–Crippen MR) is 124 cm³/mol. The normalized spacial score (nSPS) is 15.1. The zero-order valence-corrected chi connectivity index (χ0v) is 19.4. The van der Waals surface area contributed by atoms with Gasteiger partial charge in [0.05, 0.1) is 25.9 Å². The highest BCUT2D eigenvalue weighted by atomic mass is 35.5. The molecule has 174 valence electrons. The molecule has 2 heterocycles. The van der Waals surface area contributed by atoms with Crippen molar-refractivity contribution in [3.05, 3.63) is 57.7 Å². The summed E-state index contributed by atoms with van der Waals surface area (Å²) < 4.78 is 11.5. The van der Waals surface area contributed by atoms with E-state index >= 15 is 0 Å². The van der Waals surface area contributed by atoms with Crippen LogP contribution in [0.4, 0.5) is 0 Å². The molecule has 0 saturated carbocycles. The molecule has 1 aliphatic heterocycles. The van der Waals surface area contributed by atoms with E-state index in [-0.39, 0.29) is 24.8 Å². The molecular formula is C24H26ClN3O5. The first-order valence-corrected chi connectivity index (χ1v) is 11.2. The molecule has 1 aromatic heterocycles. The number of carbonyl (C=O) groups excluding carboxylic acids is 1. The van der Waals surface area contributed by atoms with Gasteiger partial charge in [-0.3, -0.25) is 9.89 Å². The van der Waals surface area contributed by atoms with Crippen molar-refractivity contribution in [1.29, 1.82) is 0 Å². The zero-order valence-electron chi connectivity index (χ0n) is 18.7. The molecule has 0 bridgehead atoms. The van der Waals surface area contributed by atoms with Crippen molar-refractivity contribution in [1.82, 2.24) is 15.1 Å². The number of hydrogen-bond donors (Lipinski definition) is 3. The number of β-amino-alcohol motifs (C(OH)–C–C–N with tert-alkyl or cyclic N) is 1. The van der Waals surface area contributed by atoms with Crippen molar-refractivity contribution >= 4 is 17.5 Å². The highest BCUT2D eigenvalue weighted by molar-refractivity contribution is 6.31. The topological polar surface area (TPSA) is 108 Å². The van der Waals surface area contributed by atoms with Crippen LogP contribution in [0, 0.1) is 6.92 Å². The number of H-pyrrole nitrogens is 1. The maximum absolute atomic E-state index is 13.2. The summed E-state index contributed by atoms with van der Waals surface area (Å²) in [6, 6.07) is 8.17. The molecule has 0 radical (unpaired) electrons. The highest BCUT2D eigenvalue weighted by Crippen LogP contribution is 2.46. The Morgan fingerprint density at radius 1 is 1.15 bits per heavy atom. The molecule has 0 saturated heterocycles. The van der Waals surface area contributed by atoms with Gasteiger partial charge in [-0.25, -0.2) is 0 Å². The number of fused-ring (bicyclic) bond motifs is 1. The quantitative estimate of drug-likeness (QED) is 0.457. The molecular weight excluding hydrogens is 446 g/mol. The number of aromatic hydroxyl groups is 1. The number of nitrogens with zero attached hydrogens (tertiary/aromatic N) is 2. The molecule has 4 rings (SSSR count). The minimum Gasteiger partial charge on any atom is -0.507 e. The average molecular weight is 472 g/mol. The van der Waals surface area contributed by atoms with Gasteiger partial charge >= 0.3 is 0 Å². The number of ether oxygens (including phenoxy) is 2. The molecule has 1 amide bonds. The van der Waals surface area contributed by atoms with Crippen molar-refractivity contribution in [3.8, 4) is 28.5 Å². The smallest absolute Gasteiger partial charge is 0.273 e. The predicted octanol–water partition coefficient (Wildman–Crippen LogP) is 4.08. The first-order valence-electron chi connectivity index (χ1n) is 10.8. The van der Waals surface area contributed by atoms with Gasteiger partial charge in [-0.1, -0.05) is 17.7 Å². The van der Waals surface area contributed by atoms with E-state index in [9.17, 15) is 15.0 Å². The van der Waals surface area contributed by atoms with E-state index in [1.54, 1.807) is 24.0 Å². The summed E-state index contributed by atoms with van der Waals surface area (Å²) in [7, 11) is 0. The van der Waals surface area contributed by atoms with Crippen LogP contribution >= 0.6 is 11.6 Å². The van der Waals surface area contributed by atoms with Crippen molar-refractivity contribution in [3.63, 3.8) is 0 Å². The highest BCUT2D eigenvalue weighted by Gasteiger charge is 2.42. The van der Waals surface area contributed by atoms with Gasteiger partial charge in [-0.05, 0) is 56.2 Å². The number of aliphatic hydroxyl groups excluding tert-OH is 1. The third-order valence-electron chi connectivity index (χ3n) is 5.62. The third kappa shape index (κ3) is 4.00. The van der Waals surface area contributed by atoms with Gasteiger partial charge in [0.15, 0.2) is 11.5 Å². The summed E-state index contributed by atoms with van der Waals surface area (Å²) in [5, 5.41) is 27.9. The average Bonchev–Trinajstić information content (AvgIpc) is 3.32. The molecule has 0 spiro atoms. The van der Waals surface area contributed by atoms with Crippen molar-refractivity contribution in [2.75, 3.05) is 26.4 Å². The SMILES string of the molecule is CCOc1ccc([C@H]2c3c(-c4cc(Cl)c(C)cc4O)n[nH]c3C(=O)N2CCO)cc1OCC. The molecule has 0 fully saturated rings. The molecule has 33 heavy (non-hydrogen) atoms. The van der Waals surface area contributed by atoms with E-state index in [1.807, 2.05) is 32.0 Å². The van der Waals surface area contributed by atoms with Gasteiger partial charge < -0.3 is 24.6 Å². The zero-order chi connectivity index (χ0) is 23.7. The van der Waals surface area contributed by atoms with Crippen molar-refractivity contribution < 1.29 is 24.5 Å². The van der Waals surface area contributed by atoms with Gasteiger partial charge in [-0.15, -0.1) is 0 Å². The van der Waals surface area contributed by atoms with Crippen LogP contribution in [0.15, 0.2) is 30.3 Å². The Labute approximate surface area is 196 Å². The number of amides is 1. The number of halogens is 1. The number of phenols is 1. The first-order chi connectivity index (χ1) is 15.9. The van der Waals surface area contributed by atoms with Crippen LogP contribution in [-0.2, 0) is 0 Å². The lowest BCUT2D eigenvalue weighted by atomic mass is 9.95. The second kappa shape index (κ2) is 9.33. The fraction of sp³-hybridized carbons (Fsp3) is 0.333. The fourth-order valence-electron chi connectivity index (χ4n) is 4.18. The number of carbonyl (C=O) groups is 1. The summed E-state index contributed by atoms with van der Waals surface area (Å²) in [6.45, 7) is 6.44. The minimum atomic E-state index is -0.553. The maximum Gasteiger partial charge on any atom is 0.273 e. The van der Waals surface area contributed by atoms with Crippen LogP contribution in [0.1, 0.15) is 47.1 Å². The van der Waals surface area contributed by atoms with E-state index < -0.39 is 6.04 Å². The lowest BCUT2D eigenvalue weighted by molar-refractivity contribution is 0.0706. The number of aryl methyl sites for hydroxylation is 1.